The van der Waals surface area contributed by atoms with E-state index in [4.69, 9.17) is 5.26 Å². The summed E-state index contributed by atoms with van der Waals surface area (Å²) in [7, 11) is 0. The third kappa shape index (κ3) is 4.23. The first-order chi connectivity index (χ1) is 12.2. The van der Waals surface area contributed by atoms with Crippen LogP contribution in [0, 0.1) is 18.3 Å². The minimum Gasteiger partial charge on any atom is -0.339 e. The van der Waals surface area contributed by atoms with Crippen LogP contribution in [0.5, 0.6) is 0 Å². The van der Waals surface area contributed by atoms with Crippen molar-refractivity contribution in [2.45, 2.75) is 25.8 Å². The molecule has 2 aromatic rings. The zero-order valence-corrected chi connectivity index (χ0v) is 14.1. The number of urea groups is 1. The summed E-state index contributed by atoms with van der Waals surface area (Å²) >= 11 is 0. The summed E-state index contributed by atoms with van der Waals surface area (Å²) < 4.78 is 0. The van der Waals surface area contributed by atoms with Crippen molar-refractivity contribution in [1.29, 1.82) is 5.26 Å². The quantitative estimate of drug-likeness (QED) is 0.898. The number of benzene rings is 1. The topological polar surface area (TPSA) is 93.9 Å². The fourth-order valence-corrected chi connectivity index (χ4v) is 2.90. The minimum atomic E-state index is -0.265. The highest BCUT2D eigenvalue weighted by Gasteiger charge is 2.23. The van der Waals surface area contributed by atoms with E-state index in [1.54, 1.807) is 30.6 Å². The van der Waals surface area contributed by atoms with Crippen LogP contribution in [0.1, 0.15) is 24.0 Å². The van der Waals surface area contributed by atoms with Crippen molar-refractivity contribution in [2.24, 2.45) is 0 Å². The van der Waals surface area contributed by atoms with Gasteiger partial charge in [-0.2, -0.15) is 5.26 Å². The van der Waals surface area contributed by atoms with Crippen molar-refractivity contribution in [3.8, 4) is 6.07 Å². The number of nitriles is 1. The number of rotatable bonds is 3. The Morgan fingerprint density at radius 2 is 2.16 bits per heavy atom. The molecule has 128 valence electrons. The molecule has 0 radical (unpaired) electrons. The Morgan fingerprint density at radius 1 is 1.36 bits per heavy atom. The standard InChI is InChI=1S/C18H20N6O/c1-13-5-6-14(11-19)10-16(13)23-18(25)22-15-4-2-9-24(12-15)17-20-7-3-8-21-17/h3,5-8,10,15H,2,4,9,12H2,1H3,(H2,22,23,25). The van der Waals surface area contributed by atoms with Crippen LogP contribution in [-0.2, 0) is 0 Å². The maximum Gasteiger partial charge on any atom is 0.319 e. The number of nitrogens with one attached hydrogen (secondary N) is 2. The fourth-order valence-electron chi connectivity index (χ4n) is 2.90. The molecule has 1 aliphatic heterocycles. The number of carbonyl (C=O) groups is 1. The average molecular weight is 336 g/mol. The molecule has 2 heterocycles. The lowest BCUT2D eigenvalue weighted by molar-refractivity contribution is 0.246. The number of hydrogen-bond donors (Lipinski definition) is 2. The first kappa shape index (κ1) is 16.7. The smallest absolute Gasteiger partial charge is 0.319 e. The molecule has 1 saturated heterocycles. The molecule has 1 aromatic carbocycles. The van der Waals surface area contributed by atoms with Crippen LogP contribution in [0.2, 0.25) is 0 Å². The molecule has 7 nitrogen and oxygen atoms in total. The van der Waals surface area contributed by atoms with Gasteiger partial charge in [0.1, 0.15) is 0 Å². The Labute approximate surface area is 146 Å². The number of aromatic nitrogens is 2. The second kappa shape index (κ2) is 7.62. The normalized spacial score (nSPS) is 16.8. The molecule has 1 fully saturated rings. The van der Waals surface area contributed by atoms with Gasteiger partial charge in [0.05, 0.1) is 11.6 Å². The number of anilines is 2. The minimum absolute atomic E-state index is 0.0250. The van der Waals surface area contributed by atoms with Crippen LogP contribution in [-0.4, -0.2) is 35.1 Å². The summed E-state index contributed by atoms with van der Waals surface area (Å²) in [6.45, 7) is 3.45. The SMILES string of the molecule is Cc1ccc(C#N)cc1NC(=O)NC1CCCN(c2ncccn2)C1. The Kier molecular flexibility index (Phi) is 5.09. The Balaban J connectivity index is 1.60. The summed E-state index contributed by atoms with van der Waals surface area (Å²) in [4.78, 5) is 22.9. The molecule has 0 bridgehead atoms. The van der Waals surface area contributed by atoms with Crippen LogP contribution in [0.3, 0.4) is 0 Å². The fraction of sp³-hybridized carbons (Fsp3) is 0.333. The molecule has 0 spiro atoms. The van der Waals surface area contributed by atoms with Crippen LogP contribution in [0.4, 0.5) is 16.4 Å². The van der Waals surface area contributed by atoms with Gasteiger partial charge in [0.25, 0.3) is 0 Å². The van der Waals surface area contributed by atoms with Gasteiger partial charge >= 0.3 is 6.03 Å². The molecular weight excluding hydrogens is 316 g/mol. The Hall–Kier alpha value is -3.14. The van der Waals surface area contributed by atoms with E-state index in [0.29, 0.717) is 23.7 Å². The zero-order valence-electron chi connectivity index (χ0n) is 14.1. The molecule has 1 atom stereocenters. The first-order valence-corrected chi connectivity index (χ1v) is 8.26. The van der Waals surface area contributed by atoms with Crippen molar-refractivity contribution >= 4 is 17.7 Å². The van der Waals surface area contributed by atoms with Crippen molar-refractivity contribution in [3.05, 3.63) is 47.8 Å². The van der Waals surface area contributed by atoms with Crippen LogP contribution in [0.25, 0.3) is 0 Å². The lowest BCUT2D eigenvalue weighted by Gasteiger charge is -2.33. The lowest BCUT2D eigenvalue weighted by atomic mass is 10.1. The average Bonchev–Trinajstić information content (AvgIpc) is 2.64. The van der Waals surface area contributed by atoms with Crippen LogP contribution >= 0.6 is 0 Å². The number of aryl methyl sites for hydroxylation is 1. The lowest BCUT2D eigenvalue weighted by Crippen LogP contribution is -2.49. The number of piperidine rings is 1. The van der Waals surface area contributed by atoms with Crippen molar-refractivity contribution < 1.29 is 4.79 Å². The Morgan fingerprint density at radius 3 is 2.92 bits per heavy atom. The zero-order chi connectivity index (χ0) is 17.6. The molecule has 7 heteroatoms. The van der Waals surface area contributed by atoms with Crippen LogP contribution in [0.15, 0.2) is 36.7 Å². The maximum atomic E-state index is 12.3. The van der Waals surface area contributed by atoms with Gasteiger partial charge in [-0.1, -0.05) is 6.07 Å². The molecule has 1 aromatic heterocycles. The number of amides is 2. The summed E-state index contributed by atoms with van der Waals surface area (Å²) in [5, 5.41) is 14.8. The van der Waals surface area contributed by atoms with E-state index in [-0.39, 0.29) is 12.1 Å². The van der Waals surface area contributed by atoms with E-state index in [0.717, 1.165) is 24.9 Å². The number of hydrogen-bond acceptors (Lipinski definition) is 5. The van der Waals surface area contributed by atoms with Gasteiger partial charge in [-0.25, -0.2) is 14.8 Å². The van der Waals surface area contributed by atoms with Gasteiger partial charge in [0.15, 0.2) is 0 Å². The van der Waals surface area contributed by atoms with Gasteiger partial charge in [0.2, 0.25) is 5.95 Å². The molecular formula is C18H20N6O. The molecule has 0 aliphatic carbocycles. The highest BCUT2D eigenvalue weighted by molar-refractivity contribution is 5.90. The molecule has 1 unspecified atom stereocenters. The number of carbonyl (C=O) groups excluding carboxylic acids is 1. The predicted octanol–water partition coefficient (Wildman–Crippen LogP) is 2.45. The van der Waals surface area contributed by atoms with Gasteiger partial charge in [0, 0.05) is 37.2 Å². The van der Waals surface area contributed by atoms with Crippen LogP contribution < -0.4 is 15.5 Å². The van der Waals surface area contributed by atoms with Crippen molar-refractivity contribution in [3.63, 3.8) is 0 Å². The Bertz CT molecular complexity index is 786. The molecule has 1 aliphatic rings. The number of nitrogens with zero attached hydrogens (tertiary/aromatic N) is 4. The molecule has 2 N–H and O–H groups in total. The van der Waals surface area contributed by atoms with Gasteiger partial charge in [-0.3, -0.25) is 0 Å². The van der Waals surface area contributed by atoms with E-state index >= 15 is 0 Å². The highest BCUT2D eigenvalue weighted by Crippen LogP contribution is 2.18. The largest absolute Gasteiger partial charge is 0.339 e. The first-order valence-electron chi connectivity index (χ1n) is 8.26. The molecule has 25 heavy (non-hydrogen) atoms. The molecule has 3 rings (SSSR count). The molecule has 2 amide bonds. The van der Waals surface area contributed by atoms with Gasteiger partial charge in [-0.15, -0.1) is 0 Å². The van der Waals surface area contributed by atoms with Gasteiger partial charge < -0.3 is 15.5 Å². The highest BCUT2D eigenvalue weighted by atomic mass is 16.2. The predicted molar refractivity (Wildman–Crippen MR) is 95.3 cm³/mol. The summed E-state index contributed by atoms with van der Waals surface area (Å²) in [5.74, 6) is 0.687. The van der Waals surface area contributed by atoms with E-state index in [9.17, 15) is 4.79 Å². The monoisotopic (exact) mass is 336 g/mol. The summed E-state index contributed by atoms with van der Waals surface area (Å²) in [6.07, 6.45) is 5.31. The summed E-state index contributed by atoms with van der Waals surface area (Å²) in [5.41, 5.74) is 2.08. The second-order valence-corrected chi connectivity index (χ2v) is 6.07. The summed E-state index contributed by atoms with van der Waals surface area (Å²) in [6, 6.07) is 8.86. The third-order valence-electron chi connectivity index (χ3n) is 4.21. The second-order valence-electron chi connectivity index (χ2n) is 6.07. The van der Waals surface area contributed by atoms with E-state index < -0.39 is 0 Å². The van der Waals surface area contributed by atoms with Crippen molar-refractivity contribution in [2.75, 3.05) is 23.3 Å². The van der Waals surface area contributed by atoms with Gasteiger partial charge in [-0.05, 0) is 43.5 Å². The third-order valence-corrected chi connectivity index (χ3v) is 4.21. The van der Waals surface area contributed by atoms with E-state index in [1.807, 2.05) is 13.0 Å². The molecule has 0 saturated carbocycles. The van der Waals surface area contributed by atoms with Crippen molar-refractivity contribution in [1.82, 2.24) is 15.3 Å². The maximum absolute atomic E-state index is 12.3. The van der Waals surface area contributed by atoms with E-state index in [2.05, 4.69) is 31.6 Å². The van der Waals surface area contributed by atoms with E-state index in [1.165, 1.54) is 0 Å².